The first-order chi connectivity index (χ1) is 13.5. The molecular weight excluding hydrogens is 358 g/mol. The number of hydrogen-bond donors (Lipinski definition) is 2. The number of nitrogen functional groups attached to an aromatic ring is 1. The number of rotatable bonds is 4. The monoisotopic (exact) mass is 387 g/mol. The number of methoxy groups -OCH3 is 1. The van der Waals surface area contributed by atoms with Crippen molar-refractivity contribution in [2.24, 2.45) is 5.92 Å². The highest BCUT2D eigenvalue weighted by Crippen LogP contribution is 2.32. The van der Waals surface area contributed by atoms with Crippen molar-refractivity contribution in [3.05, 3.63) is 12.4 Å². The zero-order valence-electron chi connectivity index (χ0n) is 16.5. The Hall–Kier alpha value is -2.19. The summed E-state index contributed by atoms with van der Waals surface area (Å²) in [6, 6.07) is 0.367. The molecule has 0 radical (unpaired) electrons. The van der Waals surface area contributed by atoms with Gasteiger partial charge in [-0.25, -0.2) is 9.97 Å². The van der Waals surface area contributed by atoms with E-state index >= 15 is 0 Å². The quantitative estimate of drug-likeness (QED) is 0.822. The van der Waals surface area contributed by atoms with Gasteiger partial charge >= 0.3 is 6.01 Å². The number of β-amino-alcohol motifs (C(OH)–C–C–N with tert-alkyl or cyclic N) is 1. The molecular formula is C20H29N5O3. The fourth-order valence-electron chi connectivity index (χ4n) is 4.10. The van der Waals surface area contributed by atoms with Crippen LogP contribution in [0.4, 0.5) is 11.5 Å². The van der Waals surface area contributed by atoms with Gasteiger partial charge in [0.15, 0.2) is 0 Å². The summed E-state index contributed by atoms with van der Waals surface area (Å²) in [5.41, 5.74) is 7.65. The average molecular weight is 387 g/mol. The Labute approximate surface area is 165 Å². The van der Waals surface area contributed by atoms with E-state index in [2.05, 4.69) is 26.8 Å². The van der Waals surface area contributed by atoms with Gasteiger partial charge < -0.3 is 25.2 Å². The number of ether oxygens (including phenoxy) is 2. The standard InChI is InChI=1S/C20H29N5O3/c1-12-7-8-25(11-17(12)26)16-10-22-19(21)15-9-23-20(24-18(15)16)28-14-5-3-13(27-2)4-6-14/h9-10,12-14,17,26H,3-8,11H2,1-2H3,(H2,21,22)/t12-,13?,14?,17-/m1/s1. The van der Waals surface area contributed by atoms with Crippen LogP contribution in [0.3, 0.4) is 0 Å². The van der Waals surface area contributed by atoms with Crippen molar-refractivity contribution < 1.29 is 14.6 Å². The van der Waals surface area contributed by atoms with E-state index in [4.69, 9.17) is 15.2 Å². The van der Waals surface area contributed by atoms with Crippen LogP contribution < -0.4 is 15.4 Å². The van der Waals surface area contributed by atoms with Crippen LogP contribution in [0.25, 0.3) is 10.9 Å². The molecule has 4 rings (SSSR count). The van der Waals surface area contributed by atoms with Crippen molar-refractivity contribution >= 4 is 22.4 Å². The normalized spacial score (nSPS) is 28.5. The van der Waals surface area contributed by atoms with Crippen LogP contribution in [-0.4, -0.2) is 58.6 Å². The van der Waals surface area contributed by atoms with Crippen LogP contribution in [0, 0.1) is 5.92 Å². The second-order valence-electron chi connectivity index (χ2n) is 7.98. The van der Waals surface area contributed by atoms with Crippen LogP contribution in [0.5, 0.6) is 6.01 Å². The van der Waals surface area contributed by atoms with Crippen molar-refractivity contribution in [3.63, 3.8) is 0 Å². The Morgan fingerprint density at radius 1 is 1.11 bits per heavy atom. The minimum absolute atomic E-state index is 0.101. The summed E-state index contributed by atoms with van der Waals surface area (Å²) < 4.78 is 11.5. The predicted molar refractivity (Wildman–Crippen MR) is 107 cm³/mol. The smallest absolute Gasteiger partial charge is 0.317 e. The number of aliphatic hydroxyl groups excluding tert-OH is 1. The molecule has 1 saturated carbocycles. The maximum absolute atomic E-state index is 10.3. The highest BCUT2D eigenvalue weighted by Gasteiger charge is 2.27. The summed E-state index contributed by atoms with van der Waals surface area (Å²) in [4.78, 5) is 15.5. The number of piperidine rings is 1. The second-order valence-corrected chi connectivity index (χ2v) is 7.98. The summed E-state index contributed by atoms with van der Waals surface area (Å²) >= 11 is 0. The molecule has 1 aliphatic carbocycles. The molecule has 0 amide bonds. The lowest BCUT2D eigenvalue weighted by Gasteiger charge is -2.36. The maximum atomic E-state index is 10.3. The SMILES string of the molecule is COC1CCC(Oc2ncc3c(N)ncc(N4CC[C@@H](C)[C@H](O)C4)c3n2)CC1. The maximum Gasteiger partial charge on any atom is 0.317 e. The molecule has 1 aliphatic heterocycles. The lowest BCUT2D eigenvalue weighted by molar-refractivity contribution is 0.0301. The van der Waals surface area contributed by atoms with E-state index in [9.17, 15) is 5.11 Å². The van der Waals surface area contributed by atoms with Gasteiger partial charge in [0.05, 0.1) is 29.5 Å². The van der Waals surface area contributed by atoms with E-state index in [1.165, 1.54) is 0 Å². The number of fused-ring (bicyclic) bond motifs is 1. The van der Waals surface area contributed by atoms with E-state index in [0.29, 0.717) is 35.8 Å². The third kappa shape index (κ3) is 3.84. The molecule has 2 aromatic heterocycles. The second kappa shape index (κ2) is 8.05. The van der Waals surface area contributed by atoms with E-state index in [0.717, 1.165) is 49.9 Å². The number of pyridine rings is 1. The van der Waals surface area contributed by atoms with Gasteiger partial charge in [0, 0.05) is 26.4 Å². The molecule has 0 aromatic carbocycles. The highest BCUT2D eigenvalue weighted by molar-refractivity contribution is 5.96. The van der Waals surface area contributed by atoms with Crippen LogP contribution in [-0.2, 0) is 4.74 Å². The predicted octanol–water partition coefficient (Wildman–Crippen LogP) is 2.15. The third-order valence-corrected chi connectivity index (χ3v) is 6.10. The van der Waals surface area contributed by atoms with Gasteiger partial charge in [-0.2, -0.15) is 4.98 Å². The molecule has 2 aromatic rings. The van der Waals surface area contributed by atoms with Crippen LogP contribution in [0.15, 0.2) is 12.4 Å². The summed E-state index contributed by atoms with van der Waals surface area (Å²) in [6.07, 6.45) is 8.24. The zero-order valence-corrected chi connectivity index (χ0v) is 16.5. The summed E-state index contributed by atoms with van der Waals surface area (Å²) in [5, 5.41) is 11.0. The van der Waals surface area contributed by atoms with Gasteiger partial charge in [-0.1, -0.05) is 6.92 Å². The molecule has 0 bridgehead atoms. The summed E-state index contributed by atoms with van der Waals surface area (Å²) in [6.45, 7) is 3.48. The molecule has 152 valence electrons. The highest BCUT2D eigenvalue weighted by atomic mass is 16.5. The minimum atomic E-state index is -0.366. The minimum Gasteiger partial charge on any atom is -0.460 e. The fraction of sp³-hybridized carbons (Fsp3) is 0.650. The first kappa shape index (κ1) is 19.1. The molecule has 8 nitrogen and oxygen atoms in total. The summed E-state index contributed by atoms with van der Waals surface area (Å²) in [5.74, 6) is 0.692. The molecule has 0 unspecified atom stereocenters. The Balaban J connectivity index is 1.59. The molecule has 2 fully saturated rings. The largest absolute Gasteiger partial charge is 0.460 e. The van der Waals surface area contributed by atoms with E-state index < -0.39 is 0 Å². The Morgan fingerprint density at radius 2 is 1.86 bits per heavy atom. The first-order valence-electron chi connectivity index (χ1n) is 10.1. The average Bonchev–Trinajstić information content (AvgIpc) is 2.71. The molecule has 28 heavy (non-hydrogen) atoms. The zero-order chi connectivity index (χ0) is 19.7. The molecule has 3 N–H and O–H groups in total. The van der Waals surface area contributed by atoms with Crippen LogP contribution in [0.2, 0.25) is 0 Å². The molecule has 1 saturated heterocycles. The first-order valence-corrected chi connectivity index (χ1v) is 10.1. The van der Waals surface area contributed by atoms with Gasteiger partial charge in [0.1, 0.15) is 17.4 Å². The molecule has 3 heterocycles. The van der Waals surface area contributed by atoms with Crippen LogP contribution in [0.1, 0.15) is 39.0 Å². The van der Waals surface area contributed by atoms with Crippen molar-refractivity contribution in [2.75, 3.05) is 30.8 Å². The van der Waals surface area contributed by atoms with Gasteiger partial charge in [-0.05, 0) is 38.0 Å². The van der Waals surface area contributed by atoms with Crippen LogP contribution >= 0.6 is 0 Å². The van der Waals surface area contributed by atoms with Gasteiger partial charge in [0.2, 0.25) is 0 Å². The molecule has 8 heteroatoms. The number of aromatic nitrogens is 3. The van der Waals surface area contributed by atoms with Crippen molar-refractivity contribution in [2.45, 2.75) is 57.3 Å². The number of nitrogens with two attached hydrogens (primary N) is 1. The topological polar surface area (TPSA) is 107 Å². The lowest BCUT2D eigenvalue weighted by Crippen LogP contribution is -2.43. The number of anilines is 2. The van der Waals surface area contributed by atoms with Crippen molar-refractivity contribution in [1.82, 2.24) is 15.0 Å². The van der Waals surface area contributed by atoms with Gasteiger partial charge in [0.25, 0.3) is 0 Å². The van der Waals surface area contributed by atoms with Crippen molar-refractivity contribution in [1.29, 1.82) is 0 Å². The summed E-state index contributed by atoms with van der Waals surface area (Å²) in [7, 11) is 1.76. The van der Waals surface area contributed by atoms with Gasteiger partial charge in [-0.15, -0.1) is 0 Å². The Kier molecular flexibility index (Phi) is 5.50. The molecule has 2 atom stereocenters. The molecule has 2 aliphatic rings. The van der Waals surface area contributed by atoms with E-state index in [1.54, 1.807) is 19.5 Å². The molecule has 0 spiro atoms. The van der Waals surface area contributed by atoms with E-state index in [-0.39, 0.29) is 12.2 Å². The Bertz CT molecular complexity index is 825. The number of aliphatic hydroxyl groups is 1. The van der Waals surface area contributed by atoms with E-state index in [1.807, 2.05) is 0 Å². The Morgan fingerprint density at radius 3 is 2.57 bits per heavy atom. The lowest BCUT2D eigenvalue weighted by atomic mass is 9.95. The number of nitrogens with zero attached hydrogens (tertiary/aromatic N) is 4. The van der Waals surface area contributed by atoms with Crippen molar-refractivity contribution in [3.8, 4) is 6.01 Å². The van der Waals surface area contributed by atoms with Gasteiger partial charge in [-0.3, -0.25) is 0 Å². The fourth-order valence-corrected chi connectivity index (χ4v) is 4.10. The third-order valence-electron chi connectivity index (χ3n) is 6.10. The number of hydrogen-bond acceptors (Lipinski definition) is 8.